The Morgan fingerprint density at radius 1 is 0.931 bits per heavy atom. The minimum atomic E-state index is -1.32. The van der Waals surface area contributed by atoms with Crippen LogP contribution in [0.25, 0.3) is 0 Å². The zero-order chi connectivity index (χ0) is 21.2. The number of carboxylic acid groups (broad SMARTS) is 1. The molecule has 2 aromatic rings. The molecular weight excluding hydrogens is 364 g/mol. The largest absolute Gasteiger partial charge is 0.511 e. The molecule has 0 fully saturated rings. The van der Waals surface area contributed by atoms with Gasteiger partial charge in [-0.05, 0) is 65.8 Å². The molecular formula is C25H30O4. The van der Waals surface area contributed by atoms with Gasteiger partial charge < -0.3 is 14.6 Å². The molecule has 29 heavy (non-hydrogen) atoms. The first kappa shape index (κ1) is 19.8. The Hall–Kier alpha value is -2.49. The van der Waals surface area contributed by atoms with E-state index in [4.69, 9.17) is 14.6 Å². The number of carbonyl (C=O) groups is 1. The molecule has 1 heterocycles. The van der Waals surface area contributed by atoms with Gasteiger partial charge in [0.1, 0.15) is 18.1 Å². The fourth-order valence-electron chi connectivity index (χ4n) is 5.08. The Balaban J connectivity index is 1.84. The summed E-state index contributed by atoms with van der Waals surface area (Å²) >= 11 is 0. The Morgan fingerprint density at radius 3 is 2.17 bits per heavy atom. The van der Waals surface area contributed by atoms with Gasteiger partial charge in [-0.3, -0.25) is 0 Å². The molecule has 2 aliphatic rings. The van der Waals surface area contributed by atoms with E-state index in [1.807, 2.05) is 6.07 Å². The van der Waals surface area contributed by atoms with E-state index in [0.29, 0.717) is 12.4 Å². The molecule has 1 aliphatic carbocycles. The summed E-state index contributed by atoms with van der Waals surface area (Å²) in [6.45, 7) is 14.3. The Labute approximate surface area is 172 Å². The topological polar surface area (TPSA) is 55.8 Å². The second-order valence-electron chi connectivity index (χ2n) is 10.1. The lowest BCUT2D eigenvalue weighted by molar-refractivity contribution is 0.144. The van der Waals surface area contributed by atoms with Crippen molar-refractivity contribution in [3.63, 3.8) is 0 Å². The van der Waals surface area contributed by atoms with Crippen molar-refractivity contribution in [1.29, 1.82) is 0 Å². The second kappa shape index (κ2) is 6.25. The maximum absolute atomic E-state index is 10.8. The number of hydrogen-bond donors (Lipinski definition) is 1. The van der Waals surface area contributed by atoms with Crippen molar-refractivity contribution in [2.75, 3.05) is 6.61 Å². The van der Waals surface area contributed by atoms with E-state index in [9.17, 15) is 4.79 Å². The van der Waals surface area contributed by atoms with E-state index >= 15 is 0 Å². The maximum atomic E-state index is 10.8. The van der Waals surface area contributed by atoms with E-state index in [1.165, 1.54) is 35.1 Å². The molecule has 0 amide bonds. The van der Waals surface area contributed by atoms with Crippen LogP contribution >= 0.6 is 0 Å². The summed E-state index contributed by atoms with van der Waals surface area (Å²) in [6.07, 6.45) is 1.05. The third-order valence-corrected chi connectivity index (χ3v) is 7.06. The minimum absolute atomic E-state index is 0.144. The monoisotopic (exact) mass is 394 g/mol. The lowest BCUT2D eigenvalue weighted by atomic mass is 9.61. The molecule has 2 aromatic carbocycles. The quantitative estimate of drug-likeness (QED) is 0.494. The van der Waals surface area contributed by atoms with Gasteiger partial charge in [0.05, 0.1) is 5.41 Å². The summed E-state index contributed by atoms with van der Waals surface area (Å²) < 4.78 is 10.8. The first-order valence-corrected chi connectivity index (χ1v) is 10.3. The highest BCUT2D eigenvalue weighted by atomic mass is 16.7. The van der Waals surface area contributed by atoms with Gasteiger partial charge in [0, 0.05) is 11.6 Å². The molecule has 1 atom stereocenters. The lowest BCUT2D eigenvalue weighted by Crippen LogP contribution is -2.35. The summed E-state index contributed by atoms with van der Waals surface area (Å²) in [5.74, 6) is 0.980. The molecule has 4 heteroatoms. The number of aryl methyl sites for hydroxylation is 1. The van der Waals surface area contributed by atoms with E-state index in [-0.39, 0.29) is 22.0 Å². The maximum Gasteiger partial charge on any atom is 0.511 e. The van der Waals surface area contributed by atoms with Crippen molar-refractivity contribution >= 4 is 6.16 Å². The van der Waals surface area contributed by atoms with Crippen LogP contribution in [0, 0.1) is 6.92 Å². The van der Waals surface area contributed by atoms with Crippen molar-refractivity contribution in [3.8, 4) is 11.5 Å². The van der Waals surface area contributed by atoms with Crippen LogP contribution in [-0.4, -0.2) is 17.9 Å². The summed E-state index contributed by atoms with van der Waals surface area (Å²) in [5.41, 5.74) is 6.58. The van der Waals surface area contributed by atoms with Crippen LogP contribution in [-0.2, 0) is 16.2 Å². The molecule has 4 nitrogen and oxygen atoms in total. The fraction of sp³-hybridized carbons (Fsp3) is 0.480. The minimum Gasteiger partial charge on any atom is -0.492 e. The molecule has 0 saturated heterocycles. The van der Waals surface area contributed by atoms with Crippen LogP contribution in [0.2, 0.25) is 0 Å². The van der Waals surface area contributed by atoms with Crippen LogP contribution in [0.15, 0.2) is 30.3 Å². The van der Waals surface area contributed by atoms with Crippen LogP contribution in [0.4, 0.5) is 4.79 Å². The predicted molar refractivity (Wildman–Crippen MR) is 114 cm³/mol. The molecule has 1 unspecified atom stereocenters. The van der Waals surface area contributed by atoms with Gasteiger partial charge >= 0.3 is 6.16 Å². The lowest BCUT2D eigenvalue weighted by Gasteiger charge is -2.43. The van der Waals surface area contributed by atoms with E-state index < -0.39 is 6.16 Å². The van der Waals surface area contributed by atoms with Crippen LogP contribution in [0.1, 0.15) is 75.3 Å². The molecule has 154 valence electrons. The van der Waals surface area contributed by atoms with Crippen LogP contribution in [0.3, 0.4) is 0 Å². The summed E-state index contributed by atoms with van der Waals surface area (Å²) in [6, 6.07) is 10.1. The SMILES string of the molecule is Cc1cc2c(cc1C1(C)COc3cc(OC(=O)O)ccc31)C(C)(C)CCC2(C)C. The smallest absolute Gasteiger partial charge is 0.492 e. The standard InChI is InChI=1S/C25H30O4/c1-15-11-19-20(24(4,5)10-9-23(19,2)3)13-18(15)25(6)14-28-21-12-16(29-22(26)27)7-8-17(21)25/h7-8,11-13H,9-10,14H2,1-6H3,(H,26,27). The second-order valence-corrected chi connectivity index (χ2v) is 10.1. The summed E-state index contributed by atoms with van der Waals surface area (Å²) in [5, 5.41) is 8.87. The van der Waals surface area contributed by atoms with E-state index in [0.717, 1.165) is 5.56 Å². The van der Waals surface area contributed by atoms with Crippen molar-refractivity contribution in [1.82, 2.24) is 0 Å². The van der Waals surface area contributed by atoms with Gasteiger partial charge in [0.15, 0.2) is 0 Å². The van der Waals surface area contributed by atoms with Crippen molar-refractivity contribution in [2.24, 2.45) is 0 Å². The van der Waals surface area contributed by atoms with Crippen molar-refractivity contribution < 1.29 is 19.4 Å². The predicted octanol–water partition coefficient (Wildman–Crippen LogP) is 6.10. The van der Waals surface area contributed by atoms with Crippen molar-refractivity contribution in [2.45, 2.75) is 70.6 Å². The Kier molecular flexibility index (Phi) is 4.27. The number of rotatable bonds is 2. The van der Waals surface area contributed by atoms with Gasteiger partial charge in [-0.25, -0.2) is 4.79 Å². The first-order valence-electron chi connectivity index (χ1n) is 10.3. The third kappa shape index (κ3) is 3.09. The number of ether oxygens (including phenoxy) is 2. The molecule has 0 bridgehead atoms. The highest BCUT2D eigenvalue weighted by Gasteiger charge is 2.43. The zero-order valence-corrected chi connectivity index (χ0v) is 18.2. The highest BCUT2D eigenvalue weighted by molar-refractivity contribution is 5.63. The van der Waals surface area contributed by atoms with Gasteiger partial charge in [-0.15, -0.1) is 0 Å². The third-order valence-electron chi connectivity index (χ3n) is 7.06. The number of benzene rings is 2. The molecule has 1 N–H and O–H groups in total. The molecule has 0 aromatic heterocycles. The number of hydrogen-bond acceptors (Lipinski definition) is 3. The normalized spacial score (nSPS) is 23.7. The molecule has 4 rings (SSSR count). The van der Waals surface area contributed by atoms with Gasteiger partial charge in [-0.1, -0.05) is 45.9 Å². The average molecular weight is 395 g/mol. The number of fused-ring (bicyclic) bond motifs is 2. The van der Waals surface area contributed by atoms with Crippen LogP contribution < -0.4 is 9.47 Å². The average Bonchev–Trinajstić information content (AvgIpc) is 2.95. The van der Waals surface area contributed by atoms with Gasteiger partial charge in [-0.2, -0.15) is 0 Å². The summed E-state index contributed by atoms with van der Waals surface area (Å²) in [7, 11) is 0. The molecule has 0 radical (unpaired) electrons. The van der Waals surface area contributed by atoms with E-state index in [2.05, 4.69) is 53.7 Å². The highest BCUT2D eigenvalue weighted by Crippen LogP contribution is 2.50. The van der Waals surface area contributed by atoms with Gasteiger partial charge in [0.25, 0.3) is 0 Å². The Bertz CT molecular complexity index is 1000. The molecule has 0 saturated carbocycles. The fourth-order valence-corrected chi connectivity index (χ4v) is 5.08. The van der Waals surface area contributed by atoms with E-state index in [1.54, 1.807) is 12.1 Å². The van der Waals surface area contributed by atoms with Crippen molar-refractivity contribution in [3.05, 3.63) is 58.1 Å². The van der Waals surface area contributed by atoms with Crippen LogP contribution in [0.5, 0.6) is 11.5 Å². The molecule has 0 spiro atoms. The molecule has 1 aliphatic heterocycles. The zero-order valence-electron chi connectivity index (χ0n) is 18.2. The summed E-state index contributed by atoms with van der Waals surface area (Å²) in [4.78, 5) is 10.8. The first-order chi connectivity index (χ1) is 13.4. The Morgan fingerprint density at radius 2 is 1.55 bits per heavy atom. The van der Waals surface area contributed by atoms with Gasteiger partial charge in [0.2, 0.25) is 0 Å².